The van der Waals surface area contributed by atoms with E-state index in [0.29, 0.717) is 0 Å². The quantitative estimate of drug-likeness (QED) is 0.610. The van der Waals surface area contributed by atoms with Crippen LogP contribution in [0, 0.1) is 5.92 Å². The molecule has 3 heteroatoms. The third-order valence-corrected chi connectivity index (χ3v) is 2.16. The second-order valence-electron chi connectivity index (χ2n) is 2.96. The van der Waals surface area contributed by atoms with Crippen molar-refractivity contribution in [2.24, 2.45) is 5.92 Å². The molecule has 0 radical (unpaired) electrons. The molecule has 1 heterocycles. The maximum Gasteiger partial charge on any atom is 0.119 e. The molecule has 0 spiro atoms. The van der Waals surface area contributed by atoms with E-state index < -0.39 is 0 Å². The first-order valence-electron chi connectivity index (χ1n) is 3.77. The van der Waals surface area contributed by atoms with Crippen molar-refractivity contribution in [2.75, 3.05) is 0 Å². The summed E-state index contributed by atoms with van der Waals surface area (Å²) >= 11 is 0. The monoisotopic (exact) mass is 137 g/mol. The van der Waals surface area contributed by atoms with Gasteiger partial charge in [-0.1, -0.05) is 6.42 Å². The predicted octanol–water partition coefficient (Wildman–Crippen LogP) is 1.08. The Morgan fingerprint density at radius 3 is 2.50 bits per heavy atom. The lowest BCUT2D eigenvalue weighted by Crippen LogP contribution is -2.16. The lowest BCUT2D eigenvalue weighted by Gasteiger charge is -2.24. The third-order valence-electron chi connectivity index (χ3n) is 2.16. The van der Waals surface area contributed by atoms with E-state index in [9.17, 15) is 0 Å². The van der Waals surface area contributed by atoms with Crippen molar-refractivity contribution in [2.45, 2.75) is 25.8 Å². The summed E-state index contributed by atoms with van der Waals surface area (Å²) in [4.78, 5) is 0. The molecule has 0 N–H and O–H groups in total. The average Bonchev–Trinajstić information content (AvgIpc) is 2.29. The Balaban J connectivity index is 1.90. The SMILES string of the molecule is c1nncn1CC1CCC1. The second kappa shape index (κ2) is 2.40. The summed E-state index contributed by atoms with van der Waals surface area (Å²) in [6, 6.07) is 0. The van der Waals surface area contributed by atoms with E-state index in [1.54, 1.807) is 12.7 Å². The summed E-state index contributed by atoms with van der Waals surface area (Å²) in [6.45, 7) is 1.12. The van der Waals surface area contributed by atoms with Crippen molar-refractivity contribution < 1.29 is 0 Å². The maximum absolute atomic E-state index is 3.75. The highest BCUT2D eigenvalue weighted by atomic mass is 15.2. The second-order valence-corrected chi connectivity index (χ2v) is 2.96. The minimum Gasteiger partial charge on any atom is -0.320 e. The zero-order chi connectivity index (χ0) is 6.81. The first kappa shape index (κ1) is 5.89. The lowest BCUT2D eigenvalue weighted by atomic mass is 9.85. The van der Waals surface area contributed by atoms with Crippen LogP contribution in [0.25, 0.3) is 0 Å². The van der Waals surface area contributed by atoms with Gasteiger partial charge in [-0.2, -0.15) is 0 Å². The van der Waals surface area contributed by atoms with Gasteiger partial charge in [-0.15, -0.1) is 10.2 Å². The largest absolute Gasteiger partial charge is 0.320 e. The van der Waals surface area contributed by atoms with Crippen molar-refractivity contribution in [3.05, 3.63) is 12.7 Å². The van der Waals surface area contributed by atoms with Crippen LogP contribution in [0.5, 0.6) is 0 Å². The normalized spacial score (nSPS) is 18.8. The van der Waals surface area contributed by atoms with Crippen LogP contribution >= 0.6 is 0 Å². The Morgan fingerprint density at radius 2 is 2.00 bits per heavy atom. The van der Waals surface area contributed by atoms with Gasteiger partial charge in [0, 0.05) is 6.54 Å². The Kier molecular flexibility index (Phi) is 1.42. The molecule has 54 valence electrons. The van der Waals surface area contributed by atoms with Crippen LogP contribution in [0.15, 0.2) is 12.7 Å². The highest BCUT2D eigenvalue weighted by Gasteiger charge is 2.17. The van der Waals surface area contributed by atoms with Crippen molar-refractivity contribution in [3.63, 3.8) is 0 Å². The number of rotatable bonds is 2. The zero-order valence-electron chi connectivity index (χ0n) is 5.90. The molecule has 0 amide bonds. The van der Waals surface area contributed by atoms with E-state index in [2.05, 4.69) is 14.8 Å². The highest BCUT2D eigenvalue weighted by Crippen LogP contribution is 2.27. The van der Waals surface area contributed by atoms with Crippen molar-refractivity contribution in [1.29, 1.82) is 0 Å². The molecule has 0 saturated heterocycles. The molecule has 1 saturated carbocycles. The topological polar surface area (TPSA) is 30.7 Å². The number of aromatic nitrogens is 3. The molecule has 0 bridgehead atoms. The van der Waals surface area contributed by atoms with Crippen LogP contribution in [0.2, 0.25) is 0 Å². The molecule has 0 aliphatic heterocycles. The minimum absolute atomic E-state index is 0.899. The molecule has 0 aromatic carbocycles. The minimum atomic E-state index is 0.899. The van der Waals surface area contributed by atoms with Crippen LogP contribution in [0.4, 0.5) is 0 Å². The summed E-state index contributed by atoms with van der Waals surface area (Å²) in [7, 11) is 0. The lowest BCUT2D eigenvalue weighted by molar-refractivity contribution is 0.276. The molecule has 1 aliphatic rings. The smallest absolute Gasteiger partial charge is 0.119 e. The molecule has 0 atom stereocenters. The van der Waals surface area contributed by atoms with Gasteiger partial charge in [-0.25, -0.2) is 0 Å². The van der Waals surface area contributed by atoms with Gasteiger partial charge in [0.05, 0.1) is 0 Å². The van der Waals surface area contributed by atoms with E-state index >= 15 is 0 Å². The predicted molar refractivity (Wildman–Crippen MR) is 37.4 cm³/mol. The number of hydrogen-bond donors (Lipinski definition) is 0. The summed E-state index contributed by atoms with van der Waals surface area (Å²) in [5, 5.41) is 7.49. The molecular formula is C7H11N3. The number of hydrogen-bond acceptors (Lipinski definition) is 2. The van der Waals surface area contributed by atoms with Gasteiger partial charge in [0.2, 0.25) is 0 Å². The van der Waals surface area contributed by atoms with Crippen molar-refractivity contribution >= 4 is 0 Å². The van der Waals surface area contributed by atoms with Crippen molar-refractivity contribution in [3.8, 4) is 0 Å². The summed E-state index contributed by atoms with van der Waals surface area (Å²) in [5.41, 5.74) is 0. The van der Waals surface area contributed by atoms with Gasteiger partial charge in [0.25, 0.3) is 0 Å². The van der Waals surface area contributed by atoms with Gasteiger partial charge < -0.3 is 4.57 Å². The van der Waals surface area contributed by atoms with Crippen LogP contribution < -0.4 is 0 Å². The number of nitrogens with zero attached hydrogens (tertiary/aromatic N) is 3. The Hall–Kier alpha value is -0.860. The van der Waals surface area contributed by atoms with E-state index in [1.807, 2.05) is 0 Å². The summed E-state index contributed by atoms with van der Waals surface area (Å²) in [6.07, 6.45) is 7.76. The van der Waals surface area contributed by atoms with Gasteiger partial charge in [-0.05, 0) is 18.8 Å². The van der Waals surface area contributed by atoms with Crippen LogP contribution in [-0.2, 0) is 6.54 Å². The molecule has 0 unspecified atom stereocenters. The standard InChI is InChI=1S/C7H11N3/c1-2-7(3-1)4-10-5-8-9-6-10/h5-7H,1-4H2. The molecular weight excluding hydrogens is 126 g/mol. The molecule has 1 aromatic heterocycles. The first-order chi connectivity index (χ1) is 4.95. The highest BCUT2D eigenvalue weighted by molar-refractivity contribution is 4.72. The fraction of sp³-hybridized carbons (Fsp3) is 0.714. The van der Waals surface area contributed by atoms with Gasteiger partial charge in [-0.3, -0.25) is 0 Å². The van der Waals surface area contributed by atoms with Crippen LogP contribution in [-0.4, -0.2) is 14.8 Å². The Bertz CT molecular complexity index is 189. The van der Waals surface area contributed by atoms with Gasteiger partial charge >= 0.3 is 0 Å². The van der Waals surface area contributed by atoms with E-state index in [-0.39, 0.29) is 0 Å². The van der Waals surface area contributed by atoms with Crippen molar-refractivity contribution in [1.82, 2.24) is 14.8 Å². The molecule has 3 nitrogen and oxygen atoms in total. The first-order valence-corrected chi connectivity index (χ1v) is 3.77. The molecule has 1 fully saturated rings. The maximum atomic E-state index is 3.75. The Morgan fingerprint density at radius 1 is 1.30 bits per heavy atom. The van der Waals surface area contributed by atoms with Gasteiger partial charge in [0.15, 0.2) is 0 Å². The average molecular weight is 137 g/mol. The fourth-order valence-corrected chi connectivity index (χ4v) is 1.29. The van der Waals surface area contributed by atoms with Gasteiger partial charge in [0.1, 0.15) is 12.7 Å². The molecule has 1 aliphatic carbocycles. The third kappa shape index (κ3) is 1.03. The van der Waals surface area contributed by atoms with Crippen LogP contribution in [0.3, 0.4) is 0 Å². The Labute approximate surface area is 60.1 Å². The molecule has 1 aromatic rings. The molecule has 2 rings (SSSR count). The van der Waals surface area contributed by atoms with E-state index in [0.717, 1.165) is 12.5 Å². The van der Waals surface area contributed by atoms with E-state index in [4.69, 9.17) is 0 Å². The summed E-state index contributed by atoms with van der Waals surface area (Å²) in [5.74, 6) is 0.899. The van der Waals surface area contributed by atoms with E-state index in [1.165, 1.54) is 19.3 Å². The zero-order valence-corrected chi connectivity index (χ0v) is 5.90. The van der Waals surface area contributed by atoms with Crippen LogP contribution in [0.1, 0.15) is 19.3 Å². The fourth-order valence-electron chi connectivity index (χ4n) is 1.29. The molecule has 10 heavy (non-hydrogen) atoms. The summed E-state index contributed by atoms with van der Waals surface area (Å²) < 4.78 is 2.06.